The first-order chi connectivity index (χ1) is 20.1. The van der Waals surface area contributed by atoms with Crippen molar-refractivity contribution in [1.82, 2.24) is 15.1 Å². The van der Waals surface area contributed by atoms with Gasteiger partial charge in [0.25, 0.3) is 5.91 Å². The van der Waals surface area contributed by atoms with Gasteiger partial charge in [0.05, 0.1) is 25.0 Å². The Hall–Kier alpha value is -4.11. The Bertz CT molecular complexity index is 1540. The summed E-state index contributed by atoms with van der Waals surface area (Å²) in [5.41, 5.74) is 6.17. The zero-order valence-electron chi connectivity index (χ0n) is 24.6. The van der Waals surface area contributed by atoms with Crippen molar-refractivity contribution in [3.05, 3.63) is 101 Å². The second-order valence-electron chi connectivity index (χ2n) is 10.2. The highest BCUT2D eigenvalue weighted by Crippen LogP contribution is 2.42. The van der Waals surface area contributed by atoms with E-state index in [2.05, 4.69) is 23.6 Å². The lowest BCUT2D eigenvalue weighted by Crippen LogP contribution is -2.35. The Morgan fingerprint density at radius 1 is 1.26 bits per heavy atom. The summed E-state index contributed by atoms with van der Waals surface area (Å²) in [6, 6.07) is 8.88. The van der Waals surface area contributed by atoms with Gasteiger partial charge in [0, 0.05) is 59.1 Å². The highest BCUT2D eigenvalue weighted by Gasteiger charge is 2.25. The van der Waals surface area contributed by atoms with E-state index in [1.807, 2.05) is 43.1 Å². The van der Waals surface area contributed by atoms with Crippen LogP contribution >= 0.6 is 11.8 Å². The van der Waals surface area contributed by atoms with Crippen molar-refractivity contribution < 1.29 is 18.7 Å². The van der Waals surface area contributed by atoms with Gasteiger partial charge in [-0.2, -0.15) is 5.10 Å². The first-order valence-corrected chi connectivity index (χ1v) is 14.8. The fourth-order valence-electron chi connectivity index (χ4n) is 4.77. The van der Waals surface area contributed by atoms with Crippen LogP contribution in [-0.2, 0) is 16.1 Å². The van der Waals surface area contributed by atoms with Gasteiger partial charge < -0.3 is 15.0 Å². The summed E-state index contributed by atoms with van der Waals surface area (Å²) in [6.45, 7) is 14.7. The normalized spacial score (nSPS) is 13.2. The van der Waals surface area contributed by atoms with Gasteiger partial charge in [-0.1, -0.05) is 31.4 Å². The number of aromatic nitrogens is 2. The van der Waals surface area contributed by atoms with Crippen molar-refractivity contribution >= 4 is 29.3 Å². The monoisotopic (exact) mass is 588 g/mol. The van der Waals surface area contributed by atoms with Gasteiger partial charge in [-0.3, -0.25) is 14.3 Å². The maximum Gasteiger partial charge on any atom is 0.251 e. The predicted molar refractivity (Wildman–Crippen MR) is 167 cm³/mol. The number of nitrogens with zero attached hydrogens (tertiary/aromatic N) is 3. The van der Waals surface area contributed by atoms with E-state index in [9.17, 15) is 14.0 Å². The summed E-state index contributed by atoms with van der Waals surface area (Å²) in [4.78, 5) is 28.1. The first-order valence-electron chi connectivity index (χ1n) is 13.9. The molecule has 1 aliphatic heterocycles. The summed E-state index contributed by atoms with van der Waals surface area (Å²) in [5, 5.41) is 7.01. The number of thioether (sulfide) groups is 1. The number of benzene rings is 2. The topological polar surface area (TPSA) is 76.5 Å². The Kier molecular flexibility index (Phi) is 10.1. The number of amides is 2. The molecule has 2 aromatic carbocycles. The van der Waals surface area contributed by atoms with Crippen LogP contribution in [0.5, 0.6) is 0 Å². The van der Waals surface area contributed by atoms with Gasteiger partial charge in [0.15, 0.2) is 0 Å². The molecule has 0 unspecified atom stereocenters. The Morgan fingerprint density at radius 3 is 2.76 bits per heavy atom. The number of carbonyl (C=O) groups is 2. The number of anilines is 1. The number of hydrogen-bond acceptors (Lipinski definition) is 5. The van der Waals surface area contributed by atoms with Gasteiger partial charge >= 0.3 is 0 Å². The van der Waals surface area contributed by atoms with Gasteiger partial charge in [0.2, 0.25) is 5.91 Å². The van der Waals surface area contributed by atoms with Crippen LogP contribution in [-0.4, -0.2) is 47.5 Å². The molecular weight excluding hydrogens is 551 g/mol. The first kappa shape index (κ1) is 30.8. The van der Waals surface area contributed by atoms with E-state index in [-0.39, 0.29) is 23.9 Å². The van der Waals surface area contributed by atoms with Gasteiger partial charge in [-0.05, 0) is 62.1 Å². The number of nitrogens with one attached hydrogen (secondary N) is 1. The Morgan fingerprint density at radius 2 is 2.05 bits per heavy atom. The minimum Gasteiger partial charge on any atom is -0.494 e. The zero-order chi connectivity index (χ0) is 30.4. The molecule has 0 atom stereocenters. The molecule has 0 aliphatic carbocycles. The standard InChI is InChI=1S/C33H37FN4O3S/c1-7-21(2)23(4)24(5)41-14-9-12-31(39)38-13-15-42-32-27(10-8-11-30(32)38)26-18-36-37(19-26)20-28-22(3)16-25(17-29(28)34)33(40)35-6/h7-8,10-11,16-19H,1,5,9,12-15,20H2,2-4,6H3,(H,35,40)/b23-21-. The van der Waals surface area contributed by atoms with E-state index in [0.29, 0.717) is 42.9 Å². The minimum absolute atomic E-state index is 0.0549. The highest BCUT2D eigenvalue weighted by molar-refractivity contribution is 7.99. The number of hydrogen-bond donors (Lipinski definition) is 1. The molecule has 1 aromatic heterocycles. The summed E-state index contributed by atoms with van der Waals surface area (Å²) in [7, 11) is 1.52. The third-order valence-electron chi connectivity index (χ3n) is 7.45. The van der Waals surface area contributed by atoms with E-state index < -0.39 is 5.82 Å². The number of rotatable bonds is 11. The molecule has 0 saturated carbocycles. The molecule has 0 radical (unpaired) electrons. The van der Waals surface area contributed by atoms with Crippen LogP contribution in [0.3, 0.4) is 0 Å². The van der Waals surface area contributed by atoms with Crippen LogP contribution in [0.1, 0.15) is 48.2 Å². The number of ether oxygens (including phenoxy) is 1. The van der Waals surface area contributed by atoms with Crippen LogP contribution in [0, 0.1) is 12.7 Å². The summed E-state index contributed by atoms with van der Waals surface area (Å²) in [6.07, 6.45) is 6.37. The van der Waals surface area contributed by atoms with E-state index in [4.69, 9.17) is 4.74 Å². The molecule has 2 amide bonds. The quantitative estimate of drug-likeness (QED) is 0.154. The fourth-order valence-corrected chi connectivity index (χ4v) is 5.92. The lowest BCUT2D eigenvalue weighted by molar-refractivity contribution is -0.118. The third-order valence-corrected chi connectivity index (χ3v) is 8.55. The van der Waals surface area contributed by atoms with Gasteiger partial charge in [-0.15, -0.1) is 11.8 Å². The smallest absolute Gasteiger partial charge is 0.251 e. The molecule has 7 nitrogen and oxygen atoms in total. The van der Waals surface area contributed by atoms with Crippen molar-refractivity contribution in [2.75, 3.05) is 30.9 Å². The SMILES string of the molecule is C=C/C(C)=C(/C)C(=C)OCCCC(=O)N1CCSc2c(-c3cnn(Cc4c(C)cc(C(=O)NC)cc4F)c3)cccc21. The summed E-state index contributed by atoms with van der Waals surface area (Å²) >= 11 is 1.72. The zero-order valence-corrected chi connectivity index (χ0v) is 25.4. The second kappa shape index (κ2) is 13.7. The largest absolute Gasteiger partial charge is 0.494 e. The molecule has 0 spiro atoms. The van der Waals surface area contributed by atoms with E-state index in [1.165, 1.54) is 13.1 Å². The molecule has 1 aliphatic rings. The van der Waals surface area contributed by atoms with Crippen molar-refractivity contribution in [3.63, 3.8) is 0 Å². The molecule has 2 heterocycles. The van der Waals surface area contributed by atoms with Crippen LogP contribution in [0.4, 0.5) is 10.1 Å². The molecule has 1 N–H and O–H groups in total. The fraction of sp³-hybridized carbons (Fsp3) is 0.303. The second-order valence-corrected chi connectivity index (χ2v) is 11.3. The van der Waals surface area contributed by atoms with Crippen LogP contribution < -0.4 is 10.2 Å². The number of allylic oxidation sites excluding steroid dienone is 3. The number of aryl methyl sites for hydroxylation is 1. The van der Waals surface area contributed by atoms with Crippen LogP contribution in [0.15, 0.2) is 83.8 Å². The van der Waals surface area contributed by atoms with Crippen molar-refractivity contribution in [2.24, 2.45) is 0 Å². The van der Waals surface area contributed by atoms with Crippen molar-refractivity contribution in [3.8, 4) is 11.1 Å². The van der Waals surface area contributed by atoms with Crippen molar-refractivity contribution in [2.45, 2.75) is 45.1 Å². The predicted octanol–water partition coefficient (Wildman–Crippen LogP) is 6.68. The van der Waals surface area contributed by atoms with E-state index in [1.54, 1.807) is 41.7 Å². The lowest BCUT2D eigenvalue weighted by Gasteiger charge is -2.30. The van der Waals surface area contributed by atoms with Gasteiger partial charge in [0.1, 0.15) is 11.6 Å². The minimum atomic E-state index is -0.444. The molecule has 42 heavy (non-hydrogen) atoms. The molecule has 3 aromatic rings. The van der Waals surface area contributed by atoms with Crippen LogP contribution in [0.2, 0.25) is 0 Å². The molecule has 9 heteroatoms. The highest BCUT2D eigenvalue weighted by atomic mass is 32.2. The van der Waals surface area contributed by atoms with Crippen molar-refractivity contribution in [1.29, 1.82) is 0 Å². The Balaban J connectivity index is 1.45. The molecule has 0 fully saturated rings. The number of fused-ring (bicyclic) bond motifs is 1. The summed E-state index contributed by atoms with van der Waals surface area (Å²) < 4.78 is 22.4. The average molecular weight is 589 g/mol. The lowest BCUT2D eigenvalue weighted by atomic mass is 10.0. The Labute approximate surface area is 251 Å². The van der Waals surface area contributed by atoms with E-state index in [0.717, 1.165) is 38.6 Å². The molecular formula is C33H37FN4O3S. The summed E-state index contributed by atoms with van der Waals surface area (Å²) in [5.74, 6) is 0.665. The maximum absolute atomic E-state index is 14.9. The van der Waals surface area contributed by atoms with Crippen LogP contribution in [0.25, 0.3) is 11.1 Å². The number of halogens is 1. The molecule has 0 bridgehead atoms. The third kappa shape index (κ3) is 6.85. The molecule has 4 rings (SSSR count). The maximum atomic E-state index is 14.9. The molecule has 0 saturated heterocycles. The number of carbonyl (C=O) groups excluding carboxylic acids is 2. The van der Waals surface area contributed by atoms with E-state index >= 15 is 0 Å². The van der Waals surface area contributed by atoms with Gasteiger partial charge in [-0.25, -0.2) is 4.39 Å². The molecule has 220 valence electrons. The average Bonchev–Trinajstić information content (AvgIpc) is 3.47.